The maximum atomic E-state index is 15.0. The Morgan fingerprint density at radius 2 is 1.68 bits per heavy atom. The lowest BCUT2D eigenvalue weighted by Crippen LogP contribution is -2.41. The lowest BCUT2D eigenvalue weighted by atomic mass is 9.77. The zero-order chi connectivity index (χ0) is 21.3. The highest BCUT2D eigenvalue weighted by atomic mass is 19.2. The van der Waals surface area contributed by atoms with Crippen molar-refractivity contribution in [2.24, 2.45) is 10.7 Å². The Hall–Kier alpha value is -1.77. The highest BCUT2D eigenvalue weighted by molar-refractivity contribution is 6.62. The number of hydrogen-bond acceptors (Lipinski definition) is 5. The third kappa shape index (κ3) is 4.29. The monoisotopic (exact) mass is 394 g/mol. The maximum Gasteiger partial charge on any atom is 0.497 e. The number of hydrogen-bond donors (Lipinski definition) is 1. The molecule has 1 heterocycles. The zero-order valence-corrected chi connectivity index (χ0v) is 17.7. The number of nitrogens with two attached hydrogens (primary N) is 1. The second kappa shape index (κ2) is 8.31. The van der Waals surface area contributed by atoms with E-state index in [0.717, 1.165) is 0 Å². The predicted octanol–water partition coefficient (Wildman–Crippen LogP) is 3.06. The first-order valence-corrected chi connectivity index (χ1v) is 9.23. The van der Waals surface area contributed by atoms with E-state index in [2.05, 4.69) is 4.99 Å². The summed E-state index contributed by atoms with van der Waals surface area (Å²) < 4.78 is 46.6. The normalized spacial score (nSPS) is 19.8. The number of benzene rings is 1. The van der Waals surface area contributed by atoms with Crippen molar-refractivity contribution in [2.75, 3.05) is 20.3 Å². The van der Waals surface area contributed by atoms with Crippen LogP contribution in [0.25, 0.3) is 5.57 Å². The van der Waals surface area contributed by atoms with Gasteiger partial charge in [-0.05, 0) is 41.5 Å². The lowest BCUT2D eigenvalue weighted by molar-refractivity contribution is 0.00578. The van der Waals surface area contributed by atoms with E-state index in [-0.39, 0.29) is 11.0 Å². The van der Waals surface area contributed by atoms with E-state index in [1.54, 1.807) is 21.0 Å². The maximum absolute atomic E-state index is 15.0. The van der Waals surface area contributed by atoms with Gasteiger partial charge in [0.05, 0.1) is 24.4 Å². The minimum atomic E-state index is -1.01. The quantitative estimate of drug-likeness (QED) is 0.458. The van der Waals surface area contributed by atoms with Crippen molar-refractivity contribution in [1.29, 1.82) is 0 Å². The summed E-state index contributed by atoms with van der Waals surface area (Å²) in [5.41, 5.74) is 5.95. The van der Waals surface area contributed by atoms with E-state index < -0.39 is 30.0 Å². The van der Waals surface area contributed by atoms with Crippen molar-refractivity contribution < 1.29 is 22.8 Å². The number of halogens is 2. The first kappa shape index (κ1) is 22.5. The van der Waals surface area contributed by atoms with Crippen LogP contribution in [0.4, 0.5) is 8.78 Å². The van der Waals surface area contributed by atoms with Gasteiger partial charge >= 0.3 is 7.12 Å². The van der Waals surface area contributed by atoms with E-state index in [1.807, 2.05) is 27.7 Å². The molecule has 1 aliphatic heterocycles. The summed E-state index contributed by atoms with van der Waals surface area (Å²) >= 11 is 0. The standard InChI is InChI=1S/C20H29BF2N2O3/c1-12(24)16(13(2)25-10-11-26-7)14-8-9-15(18(23)17(14)22)21-27-19(3,4)20(5,6)28-21/h8-9H,10-11,24H2,1-7H3/b16-12+,25-13?. The van der Waals surface area contributed by atoms with E-state index in [9.17, 15) is 4.39 Å². The molecule has 1 aromatic carbocycles. The smallest absolute Gasteiger partial charge is 0.402 e. The lowest BCUT2D eigenvalue weighted by Gasteiger charge is -2.32. The number of rotatable bonds is 6. The number of allylic oxidation sites excluding steroid dienone is 2. The Labute approximate surface area is 166 Å². The van der Waals surface area contributed by atoms with Crippen LogP contribution in [-0.2, 0) is 14.0 Å². The SMILES string of the molecule is COCCN=C(C)/C(=C(/C)N)c1ccc(B2OC(C)(C)C(C)(C)O2)c(F)c1F. The van der Waals surface area contributed by atoms with Gasteiger partial charge in [-0.25, -0.2) is 8.78 Å². The molecule has 0 aliphatic carbocycles. The average Bonchev–Trinajstić information content (AvgIpc) is 2.79. The molecule has 1 aromatic rings. The minimum Gasteiger partial charge on any atom is -0.402 e. The summed E-state index contributed by atoms with van der Waals surface area (Å²) in [4.78, 5) is 4.34. The zero-order valence-electron chi connectivity index (χ0n) is 17.7. The van der Waals surface area contributed by atoms with Crippen molar-refractivity contribution in [3.63, 3.8) is 0 Å². The molecule has 28 heavy (non-hydrogen) atoms. The number of methoxy groups -OCH3 is 1. The second-order valence-electron chi connectivity index (χ2n) is 7.94. The molecule has 5 nitrogen and oxygen atoms in total. The first-order valence-electron chi connectivity index (χ1n) is 9.23. The first-order chi connectivity index (χ1) is 12.9. The Kier molecular flexibility index (Phi) is 6.68. The molecule has 1 fully saturated rings. The van der Waals surface area contributed by atoms with Crippen LogP contribution in [0.2, 0.25) is 0 Å². The number of ether oxygens (including phenoxy) is 1. The summed E-state index contributed by atoms with van der Waals surface area (Å²) in [7, 11) is 0.579. The van der Waals surface area contributed by atoms with Crippen LogP contribution in [0, 0.1) is 11.6 Å². The third-order valence-electron chi connectivity index (χ3n) is 5.29. The Morgan fingerprint density at radius 3 is 2.18 bits per heavy atom. The predicted molar refractivity (Wildman–Crippen MR) is 109 cm³/mol. The molecule has 1 saturated heterocycles. The van der Waals surface area contributed by atoms with E-state index >= 15 is 4.39 Å². The highest BCUT2D eigenvalue weighted by Gasteiger charge is 2.52. The van der Waals surface area contributed by atoms with Gasteiger partial charge in [-0.15, -0.1) is 0 Å². The van der Waals surface area contributed by atoms with Crippen molar-refractivity contribution in [3.05, 3.63) is 35.0 Å². The molecular formula is C20H29BF2N2O3. The largest absolute Gasteiger partial charge is 0.497 e. The van der Waals surface area contributed by atoms with E-state index in [1.165, 1.54) is 12.1 Å². The van der Waals surface area contributed by atoms with Crippen LogP contribution in [0.1, 0.15) is 47.1 Å². The molecule has 0 radical (unpaired) electrons. The van der Waals surface area contributed by atoms with Crippen LogP contribution in [0.5, 0.6) is 0 Å². The van der Waals surface area contributed by atoms with E-state index in [0.29, 0.717) is 30.1 Å². The molecule has 0 saturated carbocycles. The van der Waals surface area contributed by atoms with Crippen molar-refractivity contribution in [1.82, 2.24) is 0 Å². The van der Waals surface area contributed by atoms with Crippen molar-refractivity contribution in [2.45, 2.75) is 52.7 Å². The molecule has 0 amide bonds. The molecule has 154 valence electrons. The summed E-state index contributed by atoms with van der Waals surface area (Å²) in [5, 5.41) is 0. The molecule has 2 rings (SSSR count). The fourth-order valence-electron chi connectivity index (χ4n) is 2.99. The van der Waals surface area contributed by atoms with Crippen molar-refractivity contribution >= 4 is 23.9 Å². The number of nitrogens with zero attached hydrogens (tertiary/aromatic N) is 1. The fourth-order valence-corrected chi connectivity index (χ4v) is 2.99. The Morgan fingerprint density at radius 1 is 1.11 bits per heavy atom. The molecule has 2 N–H and O–H groups in total. The van der Waals surface area contributed by atoms with Crippen LogP contribution in [-0.4, -0.2) is 44.3 Å². The fraction of sp³-hybridized carbons (Fsp3) is 0.550. The molecule has 0 unspecified atom stereocenters. The molecule has 0 bridgehead atoms. The Bertz CT molecular complexity index is 787. The van der Waals surface area contributed by atoms with Gasteiger partial charge in [-0.1, -0.05) is 12.1 Å². The topological polar surface area (TPSA) is 66.1 Å². The second-order valence-corrected chi connectivity index (χ2v) is 7.94. The highest BCUT2D eigenvalue weighted by Crippen LogP contribution is 2.37. The van der Waals surface area contributed by atoms with Gasteiger partial charge in [-0.3, -0.25) is 4.99 Å². The molecule has 0 aromatic heterocycles. The number of aliphatic imine (C=N–C) groups is 1. The molecule has 8 heteroatoms. The third-order valence-corrected chi connectivity index (χ3v) is 5.29. The molecule has 0 spiro atoms. The van der Waals surface area contributed by atoms with Gasteiger partial charge in [0.25, 0.3) is 0 Å². The Balaban J connectivity index is 2.43. The summed E-state index contributed by atoms with van der Waals surface area (Å²) in [6.45, 7) is 11.6. The van der Waals surface area contributed by atoms with Crippen LogP contribution >= 0.6 is 0 Å². The average molecular weight is 394 g/mol. The van der Waals surface area contributed by atoms with Gasteiger partial charge in [0.15, 0.2) is 11.6 Å². The van der Waals surface area contributed by atoms with Gasteiger partial charge in [0, 0.05) is 35.1 Å². The van der Waals surface area contributed by atoms with Gasteiger partial charge < -0.3 is 19.8 Å². The summed E-state index contributed by atoms with van der Waals surface area (Å²) in [6.07, 6.45) is 0. The minimum absolute atomic E-state index is 0.0166. The molecule has 1 aliphatic rings. The van der Waals surface area contributed by atoms with Crippen LogP contribution in [0.15, 0.2) is 22.8 Å². The van der Waals surface area contributed by atoms with Crippen LogP contribution in [0.3, 0.4) is 0 Å². The summed E-state index contributed by atoms with van der Waals surface area (Å²) in [5.74, 6) is -2.02. The van der Waals surface area contributed by atoms with E-state index in [4.69, 9.17) is 19.8 Å². The molecule has 0 atom stereocenters. The van der Waals surface area contributed by atoms with Crippen molar-refractivity contribution in [3.8, 4) is 0 Å². The van der Waals surface area contributed by atoms with Crippen LogP contribution < -0.4 is 11.2 Å². The van der Waals surface area contributed by atoms with Gasteiger partial charge in [-0.2, -0.15) is 0 Å². The van der Waals surface area contributed by atoms with Gasteiger partial charge in [0.1, 0.15) is 0 Å². The molecular weight excluding hydrogens is 365 g/mol. The summed E-state index contributed by atoms with van der Waals surface area (Å²) in [6, 6.07) is 2.96. The van der Waals surface area contributed by atoms with Gasteiger partial charge in [0.2, 0.25) is 0 Å².